The molecule has 0 unspecified atom stereocenters. The molecule has 186 valence electrons. The number of fused-ring (bicyclic) bond motifs is 1. The number of benzene rings is 3. The fourth-order valence-corrected chi connectivity index (χ4v) is 5.18. The molecule has 10 heteroatoms. The highest BCUT2D eigenvalue weighted by Gasteiger charge is 2.48. The van der Waals surface area contributed by atoms with Crippen LogP contribution in [0.5, 0.6) is 5.75 Å². The van der Waals surface area contributed by atoms with E-state index in [0.29, 0.717) is 27.1 Å². The van der Waals surface area contributed by atoms with Gasteiger partial charge in [0.25, 0.3) is 5.78 Å². The molecule has 2 heterocycles. The predicted octanol–water partition coefficient (Wildman–Crippen LogP) is 4.86. The summed E-state index contributed by atoms with van der Waals surface area (Å²) in [5, 5.41) is 11.4. The second-order valence-electron chi connectivity index (χ2n) is 8.12. The molecule has 0 saturated carbocycles. The Bertz CT molecular complexity index is 1580. The van der Waals surface area contributed by atoms with E-state index in [0.717, 1.165) is 11.3 Å². The van der Waals surface area contributed by atoms with Gasteiger partial charge >= 0.3 is 11.9 Å². The number of carbonyl (C=O) groups excluding carboxylic acids is 3. The zero-order valence-corrected chi connectivity index (χ0v) is 20.4. The van der Waals surface area contributed by atoms with Crippen LogP contribution >= 0.6 is 11.3 Å². The summed E-state index contributed by atoms with van der Waals surface area (Å²) < 4.78 is 24.2. The minimum atomic E-state index is -1.06. The monoisotopic (exact) mass is 518 g/mol. The van der Waals surface area contributed by atoms with E-state index >= 15 is 0 Å². The first kappa shape index (κ1) is 24.1. The van der Waals surface area contributed by atoms with E-state index in [2.05, 4.69) is 4.98 Å². The topological polar surface area (TPSA) is 106 Å². The highest BCUT2D eigenvalue weighted by molar-refractivity contribution is 7.22. The van der Waals surface area contributed by atoms with Crippen LogP contribution in [-0.2, 0) is 14.3 Å². The third-order valence-electron chi connectivity index (χ3n) is 6.00. The molecule has 1 aliphatic heterocycles. The number of hydrogen-bond acceptors (Lipinski definition) is 8. The molecule has 3 aromatic carbocycles. The molecule has 1 aromatic heterocycles. The van der Waals surface area contributed by atoms with Crippen molar-refractivity contribution in [3.8, 4) is 5.75 Å². The molecule has 0 aliphatic carbocycles. The van der Waals surface area contributed by atoms with Crippen molar-refractivity contribution in [1.82, 2.24) is 4.98 Å². The Labute approximate surface area is 214 Å². The lowest BCUT2D eigenvalue weighted by atomic mass is 9.94. The first-order valence-corrected chi connectivity index (χ1v) is 11.8. The lowest BCUT2D eigenvalue weighted by molar-refractivity contribution is -0.132. The number of halogens is 1. The molecule has 1 fully saturated rings. The lowest BCUT2D eigenvalue weighted by Gasteiger charge is -2.23. The Hall–Kier alpha value is -4.57. The standard InChI is InChI=1S/C27H19FN2O6S/c1-35-18-10-7-15(8-11-18)23(31)21-22(14-3-5-16(6-4-14)26(34)36-2)30(25(33)24(21)32)27-29-19-12-9-17(28)13-20(19)37-27/h3-13,22,31H,1-2H3/t22-/m1/s1. The fraction of sp³-hybridized carbons (Fsp3) is 0.111. The number of ketones is 1. The molecule has 37 heavy (non-hydrogen) atoms. The molecule has 4 aromatic rings. The zero-order chi connectivity index (χ0) is 26.3. The van der Waals surface area contributed by atoms with Crippen molar-refractivity contribution in [2.75, 3.05) is 19.1 Å². The molecule has 0 bridgehead atoms. The van der Waals surface area contributed by atoms with Crippen LogP contribution in [0.4, 0.5) is 9.52 Å². The third-order valence-corrected chi connectivity index (χ3v) is 7.02. The number of aliphatic hydroxyl groups excluding tert-OH is 1. The maximum absolute atomic E-state index is 13.8. The largest absolute Gasteiger partial charge is 0.507 e. The van der Waals surface area contributed by atoms with Crippen LogP contribution in [-0.4, -0.2) is 42.0 Å². The van der Waals surface area contributed by atoms with Crippen molar-refractivity contribution < 1.29 is 33.4 Å². The maximum atomic E-state index is 13.8. The molecule has 1 aliphatic rings. The average molecular weight is 519 g/mol. The van der Waals surface area contributed by atoms with Gasteiger partial charge in [-0.05, 0) is 60.2 Å². The van der Waals surface area contributed by atoms with Gasteiger partial charge in [-0.1, -0.05) is 23.5 Å². The molecule has 8 nitrogen and oxygen atoms in total. The summed E-state index contributed by atoms with van der Waals surface area (Å²) in [6.07, 6.45) is 0. The molecule has 1 N–H and O–H groups in total. The van der Waals surface area contributed by atoms with Crippen LogP contribution in [0.15, 0.2) is 72.3 Å². The van der Waals surface area contributed by atoms with Gasteiger partial charge in [-0.2, -0.15) is 0 Å². The molecular formula is C27H19FN2O6S. The van der Waals surface area contributed by atoms with Crippen LogP contribution in [0.3, 0.4) is 0 Å². The number of rotatable bonds is 5. The summed E-state index contributed by atoms with van der Waals surface area (Å²) in [4.78, 5) is 44.2. The van der Waals surface area contributed by atoms with E-state index < -0.39 is 29.5 Å². The zero-order valence-electron chi connectivity index (χ0n) is 19.6. The van der Waals surface area contributed by atoms with Gasteiger partial charge in [-0.3, -0.25) is 14.5 Å². The lowest BCUT2D eigenvalue weighted by Crippen LogP contribution is -2.29. The van der Waals surface area contributed by atoms with E-state index in [9.17, 15) is 23.9 Å². The van der Waals surface area contributed by atoms with Gasteiger partial charge in [0.05, 0.1) is 41.6 Å². The van der Waals surface area contributed by atoms with Crippen molar-refractivity contribution in [3.63, 3.8) is 0 Å². The number of Topliss-reactive ketones (excluding diaryl/α,β-unsaturated/α-hetero) is 1. The van der Waals surface area contributed by atoms with Crippen molar-refractivity contribution in [1.29, 1.82) is 0 Å². The number of esters is 1. The highest BCUT2D eigenvalue weighted by atomic mass is 32.1. The van der Waals surface area contributed by atoms with E-state index in [-0.39, 0.29) is 22.0 Å². The molecule has 5 rings (SSSR count). The Balaban J connectivity index is 1.69. The molecule has 1 atom stereocenters. The number of hydrogen-bond donors (Lipinski definition) is 1. The number of carbonyl (C=O) groups is 3. The van der Waals surface area contributed by atoms with Crippen LogP contribution < -0.4 is 9.64 Å². The molecule has 1 amide bonds. The molecule has 1 saturated heterocycles. The summed E-state index contributed by atoms with van der Waals surface area (Å²) in [5.41, 5.74) is 1.34. The third kappa shape index (κ3) is 4.21. The van der Waals surface area contributed by atoms with E-state index in [1.807, 2.05) is 0 Å². The fourth-order valence-electron chi connectivity index (χ4n) is 4.16. The van der Waals surface area contributed by atoms with Crippen LogP contribution in [0, 0.1) is 5.82 Å². The van der Waals surface area contributed by atoms with Crippen molar-refractivity contribution in [3.05, 3.63) is 94.8 Å². The first-order valence-electron chi connectivity index (χ1n) is 11.0. The van der Waals surface area contributed by atoms with Gasteiger partial charge in [0, 0.05) is 5.56 Å². The Morgan fingerprint density at radius 2 is 1.68 bits per heavy atom. The number of thiazole rings is 1. The Kier molecular flexibility index (Phi) is 6.18. The van der Waals surface area contributed by atoms with Gasteiger partial charge in [0.2, 0.25) is 0 Å². The Morgan fingerprint density at radius 1 is 1.00 bits per heavy atom. The van der Waals surface area contributed by atoms with Gasteiger partial charge in [0.1, 0.15) is 17.3 Å². The average Bonchev–Trinajstić information content (AvgIpc) is 3.45. The van der Waals surface area contributed by atoms with Crippen molar-refractivity contribution >= 4 is 50.1 Å². The number of anilines is 1. The number of aliphatic hydroxyl groups is 1. The van der Waals surface area contributed by atoms with Gasteiger partial charge < -0.3 is 14.6 Å². The summed E-state index contributed by atoms with van der Waals surface area (Å²) in [7, 11) is 2.76. The molecule has 0 spiro atoms. The summed E-state index contributed by atoms with van der Waals surface area (Å²) in [6.45, 7) is 0. The SMILES string of the molecule is COC(=O)c1ccc([C@@H]2C(=C(O)c3ccc(OC)cc3)C(=O)C(=O)N2c2nc3ccc(F)cc3s2)cc1. The number of amides is 1. The number of methoxy groups -OCH3 is 2. The molecule has 0 radical (unpaired) electrons. The maximum Gasteiger partial charge on any atom is 0.337 e. The first-order chi connectivity index (χ1) is 17.8. The van der Waals surface area contributed by atoms with Crippen LogP contribution in [0.25, 0.3) is 16.0 Å². The van der Waals surface area contributed by atoms with Gasteiger partial charge in [-0.15, -0.1) is 0 Å². The van der Waals surface area contributed by atoms with E-state index in [1.54, 1.807) is 36.4 Å². The summed E-state index contributed by atoms with van der Waals surface area (Å²) >= 11 is 1.05. The van der Waals surface area contributed by atoms with Crippen LogP contribution in [0.2, 0.25) is 0 Å². The smallest absolute Gasteiger partial charge is 0.337 e. The highest BCUT2D eigenvalue weighted by Crippen LogP contribution is 2.44. The van der Waals surface area contributed by atoms with Gasteiger partial charge in [0.15, 0.2) is 5.13 Å². The quantitative estimate of drug-likeness (QED) is 0.174. The summed E-state index contributed by atoms with van der Waals surface area (Å²) in [6, 6.07) is 15.5. The number of nitrogens with zero attached hydrogens (tertiary/aromatic N) is 2. The van der Waals surface area contributed by atoms with Gasteiger partial charge in [-0.25, -0.2) is 14.2 Å². The normalized spacial score (nSPS) is 16.8. The second-order valence-corrected chi connectivity index (χ2v) is 9.13. The minimum Gasteiger partial charge on any atom is -0.507 e. The summed E-state index contributed by atoms with van der Waals surface area (Å²) in [5.74, 6) is -2.63. The van der Waals surface area contributed by atoms with E-state index in [4.69, 9.17) is 9.47 Å². The van der Waals surface area contributed by atoms with E-state index in [1.165, 1.54) is 49.5 Å². The van der Waals surface area contributed by atoms with Crippen molar-refractivity contribution in [2.24, 2.45) is 0 Å². The number of aromatic nitrogens is 1. The predicted molar refractivity (Wildman–Crippen MR) is 135 cm³/mol. The minimum absolute atomic E-state index is 0.147. The Morgan fingerprint density at radius 3 is 2.32 bits per heavy atom. The van der Waals surface area contributed by atoms with Crippen molar-refractivity contribution in [2.45, 2.75) is 6.04 Å². The number of ether oxygens (including phenoxy) is 2. The molecular weight excluding hydrogens is 499 g/mol. The second kappa shape index (κ2) is 9.47. The van der Waals surface area contributed by atoms with Crippen LogP contribution in [0.1, 0.15) is 27.5 Å².